The van der Waals surface area contributed by atoms with Gasteiger partial charge in [-0.1, -0.05) is 25.4 Å². The highest BCUT2D eigenvalue weighted by atomic mass is 35.5. The van der Waals surface area contributed by atoms with E-state index in [1.165, 1.54) is 0 Å². The van der Waals surface area contributed by atoms with Gasteiger partial charge in [0, 0.05) is 11.0 Å². The lowest BCUT2D eigenvalue weighted by molar-refractivity contribution is 0.0367. The molecule has 1 saturated heterocycles. The molecule has 19 heavy (non-hydrogen) atoms. The van der Waals surface area contributed by atoms with Gasteiger partial charge in [-0.05, 0) is 12.1 Å². The van der Waals surface area contributed by atoms with Crippen molar-refractivity contribution in [1.82, 2.24) is 5.32 Å². The van der Waals surface area contributed by atoms with Gasteiger partial charge in [-0.2, -0.15) is 0 Å². The molecule has 0 spiro atoms. The monoisotopic (exact) mass is 311 g/mol. The number of carbonyl (C=O) groups excluding carboxylic acids is 1. The number of carbonyl (C=O) groups is 1. The molecule has 1 heterocycles. The van der Waals surface area contributed by atoms with Gasteiger partial charge in [0.1, 0.15) is 18.2 Å². The van der Waals surface area contributed by atoms with Gasteiger partial charge >= 0.3 is 6.09 Å². The van der Waals surface area contributed by atoms with Crippen LogP contribution in [-0.2, 0) is 4.74 Å². The summed E-state index contributed by atoms with van der Waals surface area (Å²) in [5, 5.41) is 2.25. The molecule has 2 rings (SSSR count). The van der Waals surface area contributed by atoms with Gasteiger partial charge in [-0.25, -0.2) is 13.6 Å². The number of benzene rings is 1. The van der Waals surface area contributed by atoms with Gasteiger partial charge in [0.15, 0.2) is 0 Å². The Hall–Kier alpha value is -1.07. The Labute approximate surface area is 120 Å². The molecule has 7 heteroatoms. The largest absolute Gasteiger partial charge is 0.449 e. The van der Waals surface area contributed by atoms with Crippen LogP contribution in [0.5, 0.6) is 0 Å². The number of hydrogen-bond donors (Lipinski definition) is 1. The molecule has 1 aromatic carbocycles. The van der Waals surface area contributed by atoms with Crippen LogP contribution in [0.25, 0.3) is 0 Å². The standard InChI is InChI=1S/C12H12ClF2NO2.ClH/c1-12(2)5-18-11(17)16-10(12)8-7(14)4-3-6(13)9(8)15;/h3-4,10H,5H2,1-2H3,(H,16,17);1H/t10-;/m1./s1. The molecule has 0 bridgehead atoms. The predicted octanol–water partition coefficient (Wildman–Crippen LogP) is 3.85. The first-order valence-corrected chi connectivity index (χ1v) is 5.77. The second-order valence-corrected chi connectivity index (χ2v) is 5.31. The SMILES string of the molecule is CC1(C)COC(=O)N[C@@H]1c1c(F)ccc(Cl)c1F.Cl. The smallest absolute Gasteiger partial charge is 0.407 e. The summed E-state index contributed by atoms with van der Waals surface area (Å²) in [7, 11) is 0. The molecule has 0 radical (unpaired) electrons. The summed E-state index contributed by atoms with van der Waals surface area (Å²) in [6, 6.07) is 1.40. The van der Waals surface area contributed by atoms with Crippen molar-refractivity contribution >= 4 is 30.1 Å². The minimum atomic E-state index is -0.850. The zero-order valence-corrected chi connectivity index (χ0v) is 11.9. The summed E-state index contributed by atoms with van der Waals surface area (Å²) < 4.78 is 32.6. The normalized spacial score (nSPS) is 21.1. The molecule has 1 fully saturated rings. The molecule has 0 unspecified atom stereocenters. The van der Waals surface area contributed by atoms with Crippen molar-refractivity contribution in [3.8, 4) is 0 Å². The summed E-state index contributed by atoms with van der Waals surface area (Å²) in [4.78, 5) is 11.2. The fourth-order valence-electron chi connectivity index (χ4n) is 1.96. The van der Waals surface area contributed by atoms with Crippen LogP contribution in [0.15, 0.2) is 12.1 Å². The summed E-state index contributed by atoms with van der Waals surface area (Å²) >= 11 is 5.65. The molecule has 0 aromatic heterocycles. The minimum absolute atomic E-state index is 0. The number of cyclic esters (lactones) is 1. The number of halogens is 4. The molecule has 1 N–H and O–H groups in total. The van der Waals surface area contributed by atoms with E-state index in [4.69, 9.17) is 16.3 Å². The minimum Gasteiger partial charge on any atom is -0.449 e. The highest BCUT2D eigenvalue weighted by Crippen LogP contribution is 2.39. The van der Waals surface area contributed by atoms with Gasteiger partial charge < -0.3 is 10.1 Å². The van der Waals surface area contributed by atoms with E-state index in [-0.39, 0.29) is 29.6 Å². The fourth-order valence-corrected chi connectivity index (χ4v) is 2.12. The van der Waals surface area contributed by atoms with Crippen molar-refractivity contribution in [1.29, 1.82) is 0 Å². The predicted molar refractivity (Wildman–Crippen MR) is 69.6 cm³/mol. The maximum atomic E-state index is 14.0. The zero-order chi connectivity index (χ0) is 13.5. The van der Waals surface area contributed by atoms with E-state index in [2.05, 4.69) is 5.32 Å². The van der Waals surface area contributed by atoms with Crippen LogP contribution in [0.2, 0.25) is 5.02 Å². The molecule has 0 aliphatic carbocycles. The van der Waals surface area contributed by atoms with Gasteiger partial charge in [-0.15, -0.1) is 12.4 Å². The van der Waals surface area contributed by atoms with E-state index in [0.717, 1.165) is 12.1 Å². The summed E-state index contributed by atoms with van der Waals surface area (Å²) in [6.07, 6.45) is -0.696. The third-order valence-corrected chi connectivity index (χ3v) is 3.28. The molecule has 3 nitrogen and oxygen atoms in total. The molecule has 1 amide bonds. The lowest BCUT2D eigenvalue weighted by Gasteiger charge is -2.38. The Morgan fingerprint density at radius 2 is 2.05 bits per heavy atom. The van der Waals surface area contributed by atoms with Gasteiger partial charge in [-0.3, -0.25) is 0 Å². The Balaban J connectivity index is 0.00000180. The number of alkyl carbamates (subject to hydrolysis) is 1. The van der Waals surface area contributed by atoms with Crippen LogP contribution in [0.3, 0.4) is 0 Å². The van der Waals surface area contributed by atoms with E-state index in [1.54, 1.807) is 13.8 Å². The molecule has 1 atom stereocenters. The quantitative estimate of drug-likeness (QED) is 0.800. The number of nitrogens with one attached hydrogen (secondary N) is 1. The van der Waals surface area contributed by atoms with E-state index >= 15 is 0 Å². The molecule has 1 aliphatic heterocycles. The lowest BCUT2D eigenvalue weighted by atomic mass is 9.80. The van der Waals surface area contributed by atoms with Crippen molar-refractivity contribution in [2.75, 3.05) is 6.61 Å². The zero-order valence-electron chi connectivity index (χ0n) is 10.3. The third-order valence-electron chi connectivity index (χ3n) is 2.99. The number of amides is 1. The topological polar surface area (TPSA) is 38.3 Å². The molecule has 0 saturated carbocycles. The molecular formula is C12H13Cl2F2NO2. The number of rotatable bonds is 1. The summed E-state index contributed by atoms with van der Waals surface area (Å²) in [6.45, 7) is 3.57. The van der Waals surface area contributed by atoms with Crippen molar-refractivity contribution in [2.45, 2.75) is 19.9 Å². The number of hydrogen-bond acceptors (Lipinski definition) is 2. The molecule has 1 aliphatic rings. The van der Waals surface area contributed by atoms with Crippen molar-refractivity contribution in [3.63, 3.8) is 0 Å². The fraction of sp³-hybridized carbons (Fsp3) is 0.417. The second kappa shape index (κ2) is 5.51. The van der Waals surface area contributed by atoms with Crippen LogP contribution in [0.1, 0.15) is 25.5 Å². The van der Waals surface area contributed by atoms with Crippen LogP contribution < -0.4 is 5.32 Å². The Morgan fingerprint density at radius 3 is 2.68 bits per heavy atom. The van der Waals surface area contributed by atoms with Crippen molar-refractivity contribution in [2.24, 2.45) is 5.41 Å². The summed E-state index contributed by atoms with van der Waals surface area (Å²) in [5.41, 5.74) is -0.871. The van der Waals surface area contributed by atoms with Crippen LogP contribution >= 0.6 is 24.0 Å². The maximum Gasteiger partial charge on any atom is 0.407 e. The first-order chi connectivity index (χ1) is 8.33. The first kappa shape index (κ1) is 16.0. The van der Waals surface area contributed by atoms with E-state index in [0.29, 0.717) is 0 Å². The van der Waals surface area contributed by atoms with E-state index in [1.807, 2.05) is 0 Å². The van der Waals surface area contributed by atoms with Gasteiger partial charge in [0.25, 0.3) is 0 Å². The van der Waals surface area contributed by atoms with E-state index in [9.17, 15) is 13.6 Å². The summed E-state index contributed by atoms with van der Waals surface area (Å²) in [5.74, 6) is -1.59. The highest BCUT2D eigenvalue weighted by Gasteiger charge is 2.41. The first-order valence-electron chi connectivity index (χ1n) is 5.39. The second-order valence-electron chi connectivity index (χ2n) is 4.90. The van der Waals surface area contributed by atoms with Crippen LogP contribution in [-0.4, -0.2) is 12.7 Å². The molecular weight excluding hydrogens is 299 g/mol. The molecule has 106 valence electrons. The maximum absolute atomic E-state index is 14.0. The third kappa shape index (κ3) is 2.92. The highest BCUT2D eigenvalue weighted by molar-refractivity contribution is 6.30. The number of ether oxygens (including phenoxy) is 1. The lowest BCUT2D eigenvalue weighted by Crippen LogP contribution is -2.47. The van der Waals surface area contributed by atoms with Gasteiger partial charge in [0.05, 0.1) is 11.1 Å². The van der Waals surface area contributed by atoms with Gasteiger partial charge in [0.2, 0.25) is 0 Å². The Kier molecular flexibility index (Phi) is 4.63. The van der Waals surface area contributed by atoms with E-state index < -0.39 is 29.2 Å². The van der Waals surface area contributed by atoms with Crippen LogP contribution in [0.4, 0.5) is 13.6 Å². The molecule has 1 aromatic rings. The average molecular weight is 312 g/mol. The van der Waals surface area contributed by atoms with Crippen LogP contribution in [0, 0.1) is 17.0 Å². The van der Waals surface area contributed by atoms with Crippen molar-refractivity contribution < 1.29 is 18.3 Å². The Morgan fingerprint density at radius 1 is 1.42 bits per heavy atom. The average Bonchev–Trinajstić information content (AvgIpc) is 2.29. The van der Waals surface area contributed by atoms with Crippen molar-refractivity contribution in [3.05, 3.63) is 34.4 Å². The Bertz CT molecular complexity index is 509.